The first-order chi connectivity index (χ1) is 9.07. The summed E-state index contributed by atoms with van der Waals surface area (Å²) in [6.45, 7) is 9.48. The second-order valence-corrected chi connectivity index (χ2v) is 6.06. The molecule has 0 saturated carbocycles. The van der Waals surface area contributed by atoms with Crippen molar-refractivity contribution < 1.29 is 5.11 Å². The summed E-state index contributed by atoms with van der Waals surface area (Å²) in [7, 11) is 0. The number of unbranched alkanes of at least 4 members (excludes halogenated alkanes) is 2. The minimum absolute atomic E-state index is 0.138. The Balaban J connectivity index is 2.24. The fourth-order valence-corrected chi connectivity index (χ4v) is 2.21. The fourth-order valence-electron chi connectivity index (χ4n) is 2.21. The van der Waals surface area contributed by atoms with Gasteiger partial charge in [-0.15, -0.1) is 0 Å². The third kappa shape index (κ3) is 6.73. The van der Waals surface area contributed by atoms with Crippen LogP contribution in [0.1, 0.15) is 52.0 Å². The molecule has 0 atom stereocenters. The highest BCUT2D eigenvalue weighted by atomic mass is 16.3. The molecule has 2 N–H and O–H groups in total. The lowest BCUT2D eigenvalue weighted by molar-refractivity contribution is 0.269. The third-order valence-corrected chi connectivity index (χ3v) is 3.41. The third-order valence-electron chi connectivity index (χ3n) is 3.41. The first-order valence-corrected chi connectivity index (χ1v) is 7.40. The summed E-state index contributed by atoms with van der Waals surface area (Å²) in [5.74, 6) is 0. The van der Waals surface area contributed by atoms with Crippen LogP contribution in [0.5, 0.6) is 0 Å². The van der Waals surface area contributed by atoms with E-state index in [1.54, 1.807) is 4.68 Å². The van der Waals surface area contributed by atoms with Crippen LogP contribution in [0.4, 0.5) is 0 Å². The molecular formula is C15H29N3O. The fraction of sp³-hybridized carbons (Fsp3) is 0.800. The molecule has 0 aliphatic carbocycles. The van der Waals surface area contributed by atoms with Crippen molar-refractivity contribution in [3.63, 3.8) is 0 Å². The van der Waals surface area contributed by atoms with E-state index in [1.165, 1.54) is 31.2 Å². The molecule has 1 rings (SSSR count). The van der Waals surface area contributed by atoms with E-state index < -0.39 is 0 Å². The molecule has 0 fully saturated rings. The lowest BCUT2D eigenvalue weighted by Gasteiger charge is -2.25. The molecule has 0 spiro atoms. The number of hydrogen-bond donors (Lipinski definition) is 2. The smallest absolute Gasteiger partial charge is 0.0640 e. The van der Waals surface area contributed by atoms with E-state index in [4.69, 9.17) is 5.11 Å². The van der Waals surface area contributed by atoms with Gasteiger partial charge in [0.25, 0.3) is 0 Å². The molecule has 0 saturated heterocycles. The Hall–Kier alpha value is -0.870. The average Bonchev–Trinajstić information content (AvgIpc) is 2.77. The summed E-state index contributed by atoms with van der Waals surface area (Å²) in [6.07, 6.45) is 9.07. The van der Waals surface area contributed by atoms with Gasteiger partial charge in [0, 0.05) is 24.8 Å². The number of aromatic nitrogens is 2. The van der Waals surface area contributed by atoms with Gasteiger partial charge < -0.3 is 10.4 Å². The molecule has 4 heteroatoms. The number of nitrogens with zero attached hydrogens (tertiary/aromatic N) is 2. The average molecular weight is 267 g/mol. The zero-order chi connectivity index (χ0) is 14.1. The maximum Gasteiger partial charge on any atom is 0.0640 e. The molecule has 110 valence electrons. The molecule has 0 amide bonds. The van der Waals surface area contributed by atoms with Gasteiger partial charge in [0.2, 0.25) is 0 Å². The van der Waals surface area contributed by atoms with Crippen molar-refractivity contribution in [1.29, 1.82) is 0 Å². The first-order valence-electron chi connectivity index (χ1n) is 7.40. The highest BCUT2D eigenvalue weighted by Crippen LogP contribution is 2.22. The Morgan fingerprint density at radius 1 is 1.37 bits per heavy atom. The Morgan fingerprint density at radius 2 is 2.16 bits per heavy atom. The largest absolute Gasteiger partial charge is 0.394 e. The molecule has 1 aromatic heterocycles. The number of hydrogen-bond acceptors (Lipinski definition) is 3. The number of rotatable bonds is 10. The van der Waals surface area contributed by atoms with Gasteiger partial charge in [0.15, 0.2) is 0 Å². The van der Waals surface area contributed by atoms with Crippen LogP contribution in [0.3, 0.4) is 0 Å². The Morgan fingerprint density at radius 3 is 2.84 bits per heavy atom. The van der Waals surface area contributed by atoms with E-state index in [-0.39, 0.29) is 6.61 Å². The van der Waals surface area contributed by atoms with Crippen molar-refractivity contribution in [1.82, 2.24) is 15.1 Å². The second-order valence-electron chi connectivity index (χ2n) is 6.06. The highest BCUT2D eigenvalue weighted by molar-refractivity contribution is 5.03. The maximum atomic E-state index is 8.84. The Labute approximate surface area is 117 Å². The highest BCUT2D eigenvalue weighted by Gasteiger charge is 2.16. The lowest BCUT2D eigenvalue weighted by Crippen LogP contribution is -2.29. The van der Waals surface area contributed by atoms with Crippen LogP contribution in [-0.2, 0) is 13.1 Å². The van der Waals surface area contributed by atoms with E-state index in [2.05, 4.69) is 31.2 Å². The Bertz CT molecular complexity index is 347. The number of aliphatic hydroxyl groups excluding tert-OH is 1. The van der Waals surface area contributed by atoms with Crippen molar-refractivity contribution >= 4 is 0 Å². The van der Waals surface area contributed by atoms with Gasteiger partial charge in [-0.25, -0.2) is 0 Å². The zero-order valence-electron chi connectivity index (χ0n) is 12.7. The molecule has 0 aromatic carbocycles. The normalized spacial score (nSPS) is 12.0. The molecule has 0 bridgehead atoms. The maximum absolute atomic E-state index is 8.84. The van der Waals surface area contributed by atoms with Crippen LogP contribution in [0.2, 0.25) is 0 Å². The first kappa shape index (κ1) is 16.2. The van der Waals surface area contributed by atoms with E-state index in [0.29, 0.717) is 12.0 Å². The summed E-state index contributed by atoms with van der Waals surface area (Å²) in [6, 6.07) is 0. The molecule has 0 radical (unpaired) electrons. The summed E-state index contributed by atoms with van der Waals surface area (Å²) in [5.41, 5.74) is 1.54. The van der Waals surface area contributed by atoms with Crippen LogP contribution < -0.4 is 5.32 Å². The van der Waals surface area contributed by atoms with Gasteiger partial charge in [-0.2, -0.15) is 5.10 Å². The second kappa shape index (κ2) is 8.33. The predicted octanol–water partition coefficient (Wildman–Crippen LogP) is 2.57. The minimum atomic E-state index is 0.138. The molecule has 1 heterocycles. The van der Waals surface area contributed by atoms with E-state index in [0.717, 1.165) is 13.1 Å². The van der Waals surface area contributed by atoms with Crippen LogP contribution in [-0.4, -0.2) is 28.0 Å². The van der Waals surface area contributed by atoms with Crippen molar-refractivity contribution in [2.24, 2.45) is 5.41 Å². The number of nitrogens with one attached hydrogen (secondary N) is 1. The quantitative estimate of drug-likeness (QED) is 0.641. The van der Waals surface area contributed by atoms with Crippen molar-refractivity contribution in [3.8, 4) is 0 Å². The van der Waals surface area contributed by atoms with Gasteiger partial charge in [-0.3, -0.25) is 4.68 Å². The SMILES string of the molecule is CCCCCC(C)(C)CNCc1cnn(CCO)c1. The van der Waals surface area contributed by atoms with Crippen LogP contribution in [0.25, 0.3) is 0 Å². The standard InChI is InChI=1S/C15H29N3O/c1-4-5-6-7-15(2,3)13-16-10-14-11-17-18(12-14)8-9-19/h11-12,16,19H,4-10,13H2,1-3H3. The van der Waals surface area contributed by atoms with Crippen LogP contribution in [0.15, 0.2) is 12.4 Å². The van der Waals surface area contributed by atoms with E-state index >= 15 is 0 Å². The molecular weight excluding hydrogens is 238 g/mol. The minimum Gasteiger partial charge on any atom is -0.394 e. The van der Waals surface area contributed by atoms with Gasteiger partial charge in [-0.1, -0.05) is 40.0 Å². The monoisotopic (exact) mass is 267 g/mol. The van der Waals surface area contributed by atoms with Crippen molar-refractivity contribution in [2.75, 3.05) is 13.2 Å². The lowest BCUT2D eigenvalue weighted by atomic mass is 9.87. The van der Waals surface area contributed by atoms with Gasteiger partial charge in [-0.05, 0) is 11.8 Å². The predicted molar refractivity (Wildman–Crippen MR) is 78.9 cm³/mol. The van der Waals surface area contributed by atoms with E-state index in [1.807, 2.05) is 12.4 Å². The molecule has 1 aromatic rings. The molecule has 4 nitrogen and oxygen atoms in total. The van der Waals surface area contributed by atoms with Gasteiger partial charge in [0.05, 0.1) is 19.3 Å². The van der Waals surface area contributed by atoms with Crippen LogP contribution >= 0.6 is 0 Å². The topological polar surface area (TPSA) is 50.1 Å². The zero-order valence-corrected chi connectivity index (χ0v) is 12.7. The van der Waals surface area contributed by atoms with Crippen molar-refractivity contribution in [2.45, 2.75) is 59.5 Å². The molecule has 19 heavy (non-hydrogen) atoms. The van der Waals surface area contributed by atoms with Crippen molar-refractivity contribution in [3.05, 3.63) is 18.0 Å². The Kier molecular flexibility index (Phi) is 7.10. The summed E-state index contributed by atoms with van der Waals surface area (Å²) < 4.78 is 1.78. The van der Waals surface area contributed by atoms with Crippen LogP contribution in [0, 0.1) is 5.41 Å². The number of aliphatic hydroxyl groups is 1. The summed E-state index contributed by atoms with van der Waals surface area (Å²) in [4.78, 5) is 0. The molecule has 0 aliphatic rings. The summed E-state index contributed by atoms with van der Waals surface area (Å²) in [5, 5.41) is 16.5. The molecule has 0 aliphatic heterocycles. The van der Waals surface area contributed by atoms with Gasteiger partial charge >= 0.3 is 0 Å². The summed E-state index contributed by atoms with van der Waals surface area (Å²) >= 11 is 0. The van der Waals surface area contributed by atoms with E-state index in [9.17, 15) is 0 Å². The molecule has 0 unspecified atom stereocenters. The van der Waals surface area contributed by atoms with Gasteiger partial charge in [0.1, 0.15) is 0 Å².